The number of nitrogens with zero attached hydrogens (tertiary/aromatic N) is 3. The van der Waals surface area contributed by atoms with Crippen molar-refractivity contribution in [1.29, 1.82) is 0 Å². The molecule has 1 saturated heterocycles. The molecule has 2 aromatic rings. The number of hydrogen-bond donors (Lipinski definition) is 1. The largest absolute Gasteiger partial charge is 0.478 e. The van der Waals surface area contributed by atoms with E-state index in [1.807, 2.05) is 5.38 Å². The molecule has 7 heteroatoms. The first kappa shape index (κ1) is 13.8. The number of thiazole rings is 1. The summed E-state index contributed by atoms with van der Waals surface area (Å²) in [6, 6.07) is 4.27. The highest BCUT2D eigenvalue weighted by Crippen LogP contribution is 2.23. The van der Waals surface area contributed by atoms with Crippen LogP contribution < -0.4 is 9.80 Å². The van der Waals surface area contributed by atoms with Crippen LogP contribution in [-0.2, 0) is 0 Å². The van der Waals surface area contributed by atoms with Gasteiger partial charge in [-0.05, 0) is 18.2 Å². The third-order valence-corrected chi connectivity index (χ3v) is 4.35. The molecule has 1 aromatic carbocycles. The van der Waals surface area contributed by atoms with Crippen LogP contribution in [0.25, 0.3) is 0 Å². The second-order valence-electron chi connectivity index (χ2n) is 4.76. The van der Waals surface area contributed by atoms with Crippen molar-refractivity contribution in [3.63, 3.8) is 0 Å². The van der Waals surface area contributed by atoms with E-state index in [9.17, 15) is 9.18 Å². The maximum atomic E-state index is 13.7. The van der Waals surface area contributed by atoms with E-state index in [1.54, 1.807) is 23.6 Å². The van der Waals surface area contributed by atoms with E-state index in [0.717, 1.165) is 37.0 Å². The summed E-state index contributed by atoms with van der Waals surface area (Å²) in [5, 5.41) is 11.8. The Hall–Kier alpha value is -2.15. The lowest BCUT2D eigenvalue weighted by Gasteiger charge is -2.36. The molecule has 2 heterocycles. The van der Waals surface area contributed by atoms with Crippen molar-refractivity contribution < 1.29 is 14.3 Å². The molecule has 0 radical (unpaired) electrons. The summed E-state index contributed by atoms with van der Waals surface area (Å²) in [5.41, 5.74) is 0.427. The minimum absolute atomic E-state index is 0.292. The molecule has 1 fully saturated rings. The molecule has 0 atom stereocenters. The highest BCUT2D eigenvalue weighted by atomic mass is 32.1. The number of aromatic nitrogens is 1. The molecule has 0 saturated carbocycles. The van der Waals surface area contributed by atoms with Crippen molar-refractivity contribution in [2.45, 2.75) is 0 Å². The van der Waals surface area contributed by atoms with Gasteiger partial charge in [0, 0.05) is 43.4 Å². The van der Waals surface area contributed by atoms with Gasteiger partial charge in [0.2, 0.25) is 0 Å². The van der Waals surface area contributed by atoms with Gasteiger partial charge in [0.15, 0.2) is 5.13 Å². The number of aromatic carboxylic acids is 1. The minimum atomic E-state index is -1.24. The van der Waals surface area contributed by atoms with E-state index >= 15 is 0 Å². The van der Waals surface area contributed by atoms with Gasteiger partial charge in [0.1, 0.15) is 5.82 Å². The van der Waals surface area contributed by atoms with E-state index in [0.29, 0.717) is 0 Å². The van der Waals surface area contributed by atoms with E-state index in [-0.39, 0.29) is 5.56 Å². The molecule has 0 spiro atoms. The molecule has 1 aliphatic rings. The Morgan fingerprint density at radius 3 is 2.52 bits per heavy atom. The summed E-state index contributed by atoms with van der Waals surface area (Å²) in [6.45, 7) is 3.14. The SMILES string of the molecule is O=C(O)c1ccc(N2CCN(c3nccs3)CC2)cc1F. The third kappa shape index (κ3) is 2.82. The second kappa shape index (κ2) is 5.69. The number of carboxylic acid groups (broad SMARTS) is 1. The normalized spacial score (nSPS) is 15.3. The van der Waals surface area contributed by atoms with Gasteiger partial charge in [-0.3, -0.25) is 0 Å². The van der Waals surface area contributed by atoms with Crippen LogP contribution in [0.3, 0.4) is 0 Å². The Bertz CT molecular complexity index is 640. The zero-order valence-electron chi connectivity index (χ0n) is 11.2. The van der Waals surface area contributed by atoms with Gasteiger partial charge in [0.25, 0.3) is 0 Å². The quantitative estimate of drug-likeness (QED) is 0.943. The predicted molar refractivity (Wildman–Crippen MR) is 79.9 cm³/mol. The molecule has 0 unspecified atom stereocenters. The molecule has 1 aromatic heterocycles. The van der Waals surface area contributed by atoms with Crippen molar-refractivity contribution in [3.05, 3.63) is 41.2 Å². The van der Waals surface area contributed by atoms with Gasteiger partial charge in [-0.2, -0.15) is 0 Å². The first-order valence-corrected chi connectivity index (χ1v) is 7.45. The molecule has 5 nitrogen and oxygen atoms in total. The van der Waals surface area contributed by atoms with E-state index in [1.165, 1.54) is 12.1 Å². The molecule has 110 valence electrons. The number of halogens is 1. The van der Waals surface area contributed by atoms with Crippen molar-refractivity contribution in [1.82, 2.24) is 4.98 Å². The van der Waals surface area contributed by atoms with Gasteiger partial charge < -0.3 is 14.9 Å². The maximum absolute atomic E-state index is 13.7. The van der Waals surface area contributed by atoms with Crippen LogP contribution in [0.2, 0.25) is 0 Å². The van der Waals surface area contributed by atoms with E-state index in [4.69, 9.17) is 5.11 Å². The van der Waals surface area contributed by atoms with Crippen LogP contribution in [0.5, 0.6) is 0 Å². The van der Waals surface area contributed by atoms with Crippen LogP contribution in [-0.4, -0.2) is 42.2 Å². The summed E-state index contributed by atoms with van der Waals surface area (Å²) in [6.07, 6.45) is 1.78. The fourth-order valence-electron chi connectivity index (χ4n) is 2.40. The smallest absolute Gasteiger partial charge is 0.338 e. The van der Waals surface area contributed by atoms with Gasteiger partial charge in [-0.1, -0.05) is 0 Å². The molecule has 0 aliphatic carbocycles. The van der Waals surface area contributed by atoms with Crippen molar-refractivity contribution in [3.8, 4) is 0 Å². The number of hydrogen-bond acceptors (Lipinski definition) is 5. The van der Waals surface area contributed by atoms with Crippen molar-refractivity contribution >= 4 is 28.1 Å². The molecule has 21 heavy (non-hydrogen) atoms. The van der Waals surface area contributed by atoms with E-state index < -0.39 is 11.8 Å². The van der Waals surface area contributed by atoms with Gasteiger partial charge in [-0.15, -0.1) is 11.3 Å². The summed E-state index contributed by atoms with van der Waals surface area (Å²) in [7, 11) is 0. The summed E-state index contributed by atoms with van der Waals surface area (Å²) < 4.78 is 13.7. The number of piperazine rings is 1. The van der Waals surface area contributed by atoms with Gasteiger partial charge >= 0.3 is 5.97 Å². The van der Waals surface area contributed by atoms with Crippen LogP contribution in [0, 0.1) is 5.82 Å². The molecule has 1 N–H and O–H groups in total. The first-order valence-electron chi connectivity index (χ1n) is 6.57. The van der Waals surface area contributed by atoms with Crippen molar-refractivity contribution in [2.75, 3.05) is 36.0 Å². The average Bonchev–Trinajstić information content (AvgIpc) is 3.01. The Morgan fingerprint density at radius 2 is 1.95 bits per heavy atom. The summed E-state index contributed by atoms with van der Waals surface area (Å²) >= 11 is 1.61. The molecule has 0 bridgehead atoms. The Morgan fingerprint density at radius 1 is 1.24 bits per heavy atom. The molecular formula is C14H14FN3O2S. The predicted octanol–water partition coefficient (Wildman–Crippen LogP) is 2.31. The zero-order chi connectivity index (χ0) is 14.8. The number of carboxylic acids is 1. The topological polar surface area (TPSA) is 56.7 Å². The minimum Gasteiger partial charge on any atom is -0.478 e. The second-order valence-corrected chi connectivity index (χ2v) is 5.63. The molecular weight excluding hydrogens is 293 g/mol. The molecule has 1 aliphatic heterocycles. The Kier molecular flexibility index (Phi) is 3.74. The zero-order valence-corrected chi connectivity index (χ0v) is 12.0. The Labute approximate surface area is 125 Å². The van der Waals surface area contributed by atoms with Gasteiger partial charge in [0.05, 0.1) is 5.56 Å². The lowest BCUT2D eigenvalue weighted by Crippen LogP contribution is -2.46. The number of rotatable bonds is 3. The maximum Gasteiger partial charge on any atom is 0.338 e. The number of carbonyl (C=O) groups is 1. The number of benzene rings is 1. The van der Waals surface area contributed by atoms with Gasteiger partial charge in [-0.25, -0.2) is 14.2 Å². The lowest BCUT2D eigenvalue weighted by molar-refractivity contribution is 0.0692. The van der Waals surface area contributed by atoms with Crippen LogP contribution >= 0.6 is 11.3 Å². The van der Waals surface area contributed by atoms with Crippen LogP contribution in [0.4, 0.5) is 15.2 Å². The van der Waals surface area contributed by atoms with E-state index in [2.05, 4.69) is 14.8 Å². The molecule has 3 rings (SSSR count). The lowest BCUT2D eigenvalue weighted by atomic mass is 10.1. The van der Waals surface area contributed by atoms with Crippen LogP contribution in [0.15, 0.2) is 29.8 Å². The average molecular weight is 307 g/mol. The summed E-state index contributed by atoms with van der Waals surface area (Å²) in [5.74, 6) is -1.94. The highest BCUT2D eigenvalue weighted by Gasteiger charge is 2.20. The fourth-order valence-corrected chi connectivity index (χ4v) is 3.10. The van der Waals surface area contributed by atoms with Crippen LogP contribution in [0.1, 0.15) is 10.4 Å². The highest BCUT2D eigenvalue weighted by molar-refractivity contribution is 7.13. The first-order chi connectivity index (χ1) is 10.1. The fraction of sp³-hybridized carbons (Fsp3) is 0.286. The monoisotopic (exact) mass is 307 g/mol. The molecule has 0 amide bonds. The number of anilines is 2. The standard InChI is InChI=1S/C14H14FN3O2S/c15-12-9-10(1-2-11(12)13(19)20)17-4-6-18(7-5-17)14-16-3-8-21-14/h1-3,8-9H,4-7H2,(H,19,20). The third-order valence-electron chi connectivity index (χ3n) is 3.52. The Balaban J connectivity index is 1.69. The summed E-state index contributed by atoms with van der Waals surface area (Å²) in [4.78, 5) is 19.4. The van der Waals surface area contributed by atoms with Crippen molar-refractivity contribution in [2.24, 2.45) is 0 Å².